The third-order valence-electron chi connectivity index (χ3n) is 2.77. The van der Waals surface area contributed by atoms with Crippen LogP contribution in [-0.2, 0) is 6.42 Å². The molecule has 0 spiro atoms. The molecule has 2 atom stereocenters. The average Bonchev–Trinajstić information content (AvgIpc) is 2.78. The van der Waals surface area contributed by atoms with Crippen molar-refractivity contribution in [3.05, 3.63) is 16.1 Å². The van der Waals surface area contributed by atoms with Crippen LogP contribution in [0.1, 0.15) is 42.6 Å². The van der Waals surface area contributed by atoms with Gasteiger partial charge in [-0.25, -0.2) is 4.98 Å². The van der Waals surface area contributed by atoms with E-state index in [2.05, 4.69) is 42.8 Å². The highest BCUT2D eigenvalue weighted by Gasteiger charge is 2.28. The minimum atomic E-state index is 0.652. The quantitative estimate of drug-likeness (QED) is 0.807. The van der Waals surface area contributed by atoms with Crippen molar-refractivity contribution in [2.75, 3.05) is 11.5 Å². The minimum Gasteiger partial charge on any atom is -0.245 e. The number of hydrogen-bond acceptors (Lipinski definition) is 4. The fourth-order valence-electron chi connectivity index (χ4n) is 1.96. The summed E-state index contributed by atoms with van der Waals surface area (Å²) in [5, 5.41) is 5.05. The molecule has 90 valence electrons. The van der Waals surface area contributed by atoms with Gasteiger partial charge in [-0.15, -0.1) is 23.1 Å². The van der Waals surface area contributed by atoms with Crippen LogP contribution in [0.25, 0.3) is 0 Å². The molecule has 0 radical (unpaired) electrons. The molecular weight excluding hydrogens is 254 g/mol. The van der Waals surface area contributed by atoms with E-state index in [9.17, 15) is 0 Å². The predicted octanol–water partition coefficient (Wildman–Crippen LogP) is 4.40. The Balaban J connectivity index is 2.08. The topological polar surface area (TPSA) is 12.9 Å². The van der Waals surface area contributed by atoms with E-state index in [0.717, 1.165) is 11.7 Å². The van der Waals surface area contributed by atoms with E-state index < -0.39 is 0 Å². The number of thioether (sulfide) groups is 2. The van der Waals surface area contributed by atoms with E-state index in [1.54, 1.807) is 0 Å². The van der Waals surface area contributed by atoms with Crippen LogP contribution in [0.5, 0.6) is 0 Å². The first-order valence-corrected chi connectivity index (χ1v) is 9.00. The number of nitrogens with zero attached hydrogens (tertiary/aromatic N) is 1. The maximum Gasteiger partial charge on any atom is 0.107 e. The number of aromatic nitrogens is 1. The molecule has 2 rings (SSSR count). The van der Waals surface area contributed by atoms with Gasteiger partial charge >= 0.3 is 0 Å². The monoisotopic (exact) mass is 273 g/mol. The Labute approximate surface area is 111 Å². The summed E-state index contributed by atoms with van der Waals surface area (Å²) in [6, 6.07) is 0. The number of hydrogen-bond donors (Lipinski definition) is 0. The molecule has 2 heterocycles. The van der Waals surface area contributed by atoms with Gasteiger partial charge in [0.25, 0.3) is 0 Å². The van der Waals surface area contributed by atoms with Crippen LogP contribution in [0.4, 0.5) is 0 Å². The summed E-state index contributed by atoms with van der Waals surface area (Å²) in [6.07, 6.45) is 3.61. The van der Waals surface area contributed by atoms with E-state index in [1.165, 1.54) is 35.0 Å². The van der Waals surface area contributed by atoms with Gasteiger partial charge in [-0.2, -0.15) is 11.8 Å². The van der Waals surface area contributed by atoms with Gasteiger partial charge in [0.15, 0.2) is 0 Å². The molecule has 4 heteroatoms. The van der Waals surface area contributed by atoms with Crippen molar-refractivity contribution in [3.63, 3.8) is 0 Å². The highest BCUT2D eigenvalue weighted by atomic mass is 32.2. The SMILES string of the molecule is CCCc1csc(C2SCCSC2CC)n1. The Kier molecular flexibility index (Phi) is 5.04. The summed E-state index contributed by atoms with van der Waals surface area (Å²) >= 11 is 6.11. The molecule has 0 bridgehead atoms. The molecule has 1 saturated heterocycles. The van der Waals surface area contributed by atoms with Crippen LogP contribution in [0.3, 0.4) is 0 Å². The van der Waals surface area contributed by atoms with Gasteiger partial charge < -0.3 is 0 Å². The molecule has 0 aromatic carbocycles. The molecular formula is C12H19NS3. The lowest BCUT2D eigenvalue weighted by atomic mass is 10.2. The largest absolute Gasteiger partial charge is 0.245 e. The lowest BCUT2D eigenvalue weighted by Gasteiger charge is -2.28. The van der Waals surface area contributed by atoms with Crippen LogP contribution < -0.4 is 0 Å². The zero-order valence-corrected chi connectivity index (χ0v) is 12.4. The molecule has 1 aromatic heterocycles. The molecule has 1 aromatic rings. The standard InChI is InChI=1S/C12H19NS3/c1-3-5-9-8-16-12(13-9)11-10(4-2)14-6-7-15-11/h8,10-11H,3-7H2,1-2H3. The lowest BCUT2D eigenvalue weighted by molar-refractivity contribution is 0.780. The fraction of sp³-hybridized carbons (Fsp3) is 0.750. The molecule has 1 fully saturated rings. The first kappa shape index (κ1) is 12.8. The highest BCUT2D eigenvalue weighted by Crippen LogP contribution is 2.44. The Bertz CT molecular complexity index is 324. The van der Waals surface area contributed by atoms with Crippen molar-refractivity contribution >= 4 is 34.9 Å². The lowest BCUT2D eigenvalue weighted by Crippen LogP contribution is -2.18. The normalized spacial score (nSPS) is 25.9. The smallest absolute Gasteiger partial charge is 0.107 e. The van der Waals surface area contributed by atoms with Gasteiger partial charge in [-0.3, -0.25) is 0 Å². The summed E-state index contributed by atoms with van der Waals surface area (Å²) in [5.41, 5.74) is 1.30. The Morgan fingerprint density at radius 1 is 1.31 bits per heavy atom. The van der Waals surface area contributed by atoms with E-state index in [-0.39, 0.29) is 0 Å². The second-order valence-electron chi connectivity index (χ2n) is 4.04. The van der Waals surface area contributed by atoms with Crippen LogP contribution in [-0.4, -0.2) is 21.7 Å². The number of aryl methyl sites for hydroxylation is 1. The predicted molar refractivity (Wildman–Crippen MR) is 77.8 cm³/mol. The summed E-state index contributed by atoms with van der Waals surface area (Å²) in [5.74, 6) is 2.60. The summed E-state index contributed by atoms with van der Waals surface area (Å²) in [6.45, 7) is 4.52. The van der Waals surface area contributed by atoms with Gasteiger partial charge in [0.2, 0.25) is 0 Å². The summed E-state index contributed by atoms with van der Waals surface area (Å²) in [4.78, 5) is 4.81. The molecule has 1 nitrogen and oxygen atoms in total. The van der Waals surface area contributed by atoms with Crippen LogP contribution in [0, 0.1) is 0 Å². The van der Waals surface area contributed by atoms with Crippen molar-refractivity contribution < 1.29 is 0 Å². The Hall–Kier alpha value is 0.330. The number of rotatable bonds is 4. The van der Waals surface area contributed by atoms with Crippen molar-refractivity contribution in [1.29, 1.82) is 0 Å². The maximum absolute atomic E-state index is 4.81. The molecule has 1 aliphatic heterocycles. The summed E-state index contributed by atoms with van der Waals surface area (Å²) in [7, 11) is 0. The molecule has 0 N–H and O–H groups in total. The number of thiazole rings is 1. The van der Waals surface area contributed by atoms with Crippen molar-refractivity contribution in [2.45, 2.75) is 43.6 Å². The Morgan fingerprint density at radius 2 is 2.12 bits per heavy atom. The van der Waals surface area contributed by atoms with Crippen LogP contribution >= 0.6 is 34.9 Å². The van der Waals surface area contributed by atoms with E-state index in [1.807, 2.05) is 11.3 Å². The van der Waals surface area contributed by atoms with Crippen LogP contribution in [0.15, 0.2) is 5.38 Å². The second kappa shape index (κ2) is 6.31. The Morgan fingerprint density at radius 3 is 2.88 bits per heavy atom. The van der Waals surface area contributed by atoms with Crippen molar-refractivity contribution in [3.8, 4) is 0 Å². The van der Waals surface area contributed by atoms with E-state index in [4.69, 9.17) is 4.98 Å². The van der Waals surface area contributed by atoms with E-state index >= 15 is 0 Å². The van der Waals surface area contributed by atoms with Crippen molar-refractivity contribution in [1.82, 2.24) is 4.98 Å². The average molecular weight is 273 g/mol. The minimum absolute atomic E-state index is 0.652. The van der Waals surface area contributed by atoms with Crippen LogP contribution in [0.2, 0.25) is 0 Å². The zero-order valence-electron chi connectivity index (χ0n) is 9.94. The molecule has 0 aliphatic carbocycles. The highest BCUT2D eigenvalue weighted by molar-refractivity contribution is 8.06. The molecule has 0 saturated carbocycles. The van der Waals surface area contributed by atoms with E-state index in [0.29, 0.717) is 5.25 Å². The van der Waals surface area contributed by atoms with Gasteiger partial charge in [0, 0.05) is 22.1 Å². The second-order valence-corrected chi connectivity index (χ2v) is 7.52. The first-order valence-electron chi connectivity index (χ1n) is 6.02. The molecule has 0 amide bonds. The molecule has 16 heavy (non-hydrogen) atoms. The van der Waals surface area contributed by atoms with Gasteiger partial charge in [0.1, 0.15) is 5.01 Å². The molecule has 1 aliphatic rings. The third-order valence-corrected chi connectivity index (χ3v) is 7.15. The van der Waals surface area contributed by atoms with Gasteiger partial charge in [-0.1, -0.05) is 20.3 Å². The van der Waals surface area contributed by atoms with Gasteiger partial charge in [0.05, 0.1) is 10.9 Å². The third kappa shape index (κ3) is 2.96. The first-order chi connectivity index (χ1) is 7.85. The summed E-state index contributed by atoms with van der Waals surface area (Å²) < 4.78 is 0. The molecule has 2 unspecified atom stereocenters. The zero-order chi connectivity index (χ0) is 11.4. The van der Waals surface area contributed by atoms with Gasteiger partial charge in [-0.05, 0) is 12.8 Å². The maximum atomic E-state index is 4.81. The van der Waals surface area contributed by atoms with Crippen molar-refractivity contribution in [2.24, 2.45) is 0 Å². The fourth-order valence-corrected chi connectivity index (χ4v) is 6.25.